The van der Waals surface area contributed by atoms with Crippen molar-refractivity contribution in [3.05, 3.63) is 48.0 Å². The van der Waals surface area contributed by atoms with Gasteiger partial charge < -0.3 is 10.0 Å². The number of fused-ring (bicyclic) bond motifs is 2. The van der Waals surface area contributed by atoms with Crippen molar-refractivity contribution in [2.24, 2.45) is 11.8 Å². The SMILES string of the molecule is OC1(c2ccccn2)[C@H]2CCC[C@H]1CN(Cc1cnc(N3CCCCC3)nc1)C2. The van der Waals surface area contributed by atoms with Crippen LogP contribution >= 0.6 is 0 Å². The predicted octanol–water partition coefficient (Wildman–Crippen LogP) is 2.98. The molecule has 0 radical (unpaired) electrons. The van der Waals surface area contributed by atoms with E-state index in [0.29, 0.717) is 0 Å². The maximum atomic E-state index is 11.7. The van der Waals surface area contributed by atoms with Crippen molar-refractivity contribution in [3.63, 3.8) is 0 Å². The number of anilines is 1. The zero-order valence-corrected chi connectivity index (χ0v) is 17.1. The van der Waals surface area contributed by atoms with Crippen LogP contribution in [-0.2, 0) is 12.1 Å². The molecule has 0 aromatic carbocycles. The second-order valence-electron chi connectivity index (χ2n) is 9.00. The number of nitrogens with zero attached hydrogens (tertiary/aromatic N) is 5. The molecule has 2 aliphatic heterocycles. The smallest absolute Gasteiger partial charge is 0.225 e. The highest BCUT2D eigenvalue weighted by Crippen LogP contribution is 2.48. The van der Waals surface area contributed by atoms with Crippen molar-refractivity contribution in [3.8, 4) is 0 Å². The molecule has 4 heterocycles. The number of aliphatic hydroxyl groups is 1. The normalized spacial score (nSPS) is 30.3. The molecule has 2 atom stereocenters. The first-order valence-corrected chi connectivity index (χ1v) is 11.2. The van der Waals surface area contributed by atoms with E-state index in [4.69, 9.17) is 0 Å². The van der Waals surface area contributed by atoms with Gasteiger partial charge in [-0.05, 0) is 44.2 Å². The topological polar surface area (TPSA) is 65.4 Å². The monoisotopic (exact) mass is 393 g/mol. The first-order valence-electron chi connectivity index (χ1n) is 11.2. The van der Waals surface area contributed by atoms with Crippen molar-refractivity contribution < 1.29 is 5.11 Å². The average Bonchev–Trinajstić information content (AvgIpc) is 2.76. The molecule has 29 heavy (non-hydrogen) atoms. The Bertz CT molecular complexity index is 792. The van der Waals surface area contributed by atoms with E-state index < -0.39 is 5.60 Å². The Balaban J connectivity index is 1.28. The summed E-state index contributed by atoms with van der Waals surface area (Å²) in [7, 11) is 0. The van der Waals surface area contributed by atoms with Crippen LogP contribution in [0.2, 0.25) is 0 Å². The van der Waals surface area contributed by atoms with Crippen LogP contribution in [0.5, 0.6) is 0 Å². The van der Waals surface area contributed by atoms with Gasteiger partial charge in [-0.25, -0.2) is 9.97 Å². The van der Waals surface area contributed by atoms with Crippen LogP contribution in [0, 0.1) is 11.8 Å². The first kappa shape index (κ1) is 18.9. The lowest BCUT2D eigenvalue weighted by Gasteiger charge is -2.52. The van der Waals surface area contributed by atoms with E-state index in [9.17, 15) is 5.11 Å². The van der Waals surface area contributed by atoms with E-state index in [2.05, 4.69) is 24.8 Å². The standard InChI is InChI=1S/C23H31N5O/c29-23(21-9-2-3-10-24-21)19-7-6-8-20(23)17-27(16-19)15-18-13-25-22(26-14-18)28-11-4-1-5-12-28/h2-3,9-10,13-14,19-20,29H,1,4-8,11-12,15-17H2/t19-,20-/m0/s1. The third kappa shape index (κ3) is 3.64. The van der Waals surface area contributed by atoms with Crippen LogP contribution in [0.1, 0.15) is 49.8 Å². The maximum Gasteiger partial charge on any atom is 0.225 e. The van der Waals surface area contributed by atoms with Crippen LogP contribution in [-0.4, -0.2) is 51.1 Å². The summed E-state index contributed by atoms with van der Waals surface area (Å²) in [6.45, 7) is 4.79. The summed E-state index contributed by atoms with van der Waals surface area (Å²) in [5.74, 6) is 1.34. The number of pyridine rings is 1. The molecule has 2 aromatic rings. The quantitative estimate of drug-likeness (QED) is 0.862. The van der Waals surface area contributed by atoms with Gasteiger partial charge in [-0.3, -0.25) is 9.88 Å². The summed E-state index contributed by atoms with van der Waals surface area (Å²) in [5.41, 5.74) is 1.22. The van der Waals surface area contributed by atoms with Crippen molar-refractivity contribution in [2.45, 2.75) is 50.7 Å². The van der Waals surface area contributed by atoms with Crippen LogP contribution < -0.4 is 4.90 Å². The van der Waals surface area contributed by atoms with Gasteiger partial charge in [0.25, 0.3) is 0 Å². The summed E-state index contributed by atoms with van der Waals surface area (Å²) in [6, 6.07) is 5.91. The number of hydrogen-bond acceptors (Lipinski definition) is 6. The lowest BCUT2D eigenvalue weighted by Crippen LogP contribution is -2.58. The molecule has 3 aliphatic rings. The molecule has 2 bridgehead atoms. The molecule has 2 saturated heterocycles. The Morgan fingerprint density at radius 2 is 1.66 bits per heavy atom. The third-order valence-electron chi connectivity index (χ3n) is 7.12. The van der Waals surface area contributed by atoms with Gasteiger partial charge in [-0.15, -0.1) is 0 Å². The number of piperidine rings is 2. The molecule has 5 rings (SSSR count). The van der Waals surface area contributed by atoms with Crippen molar-refractivity contribution >= 4 is 5.95 Å². The summed E-state index contributed by atoms with van der Waals surface area (Å²) in [6.07, 6.45) is 12.9. The fourth-order valence-corrected chi connectivity index (χ4v) is 5.63. The summed E-state index contributed by atoms with van der Waals surface area (Å²) < 4.78 is 0. The average molecular weight is 394 g/mol. The first-order chi connectivity index (χ1) is 14.2. The maximum absolute atomic E-state index is 11.7. The molecule has 1 saturated carbocycles. The van der Waals surface area contributed by atoms with E-state index in [1.807, 2.05) is 30.6 Å². The summed E-state index contributed by atoms with van der Waals surface area (Å²) >= 11 is 0. The lowest BCUT2D eigenvalue weighted by molar-refractivity contribution is -0.151. The Morgan fingerprint density at radius 1 is 0.931 bits per heavy atom. The van der Waals surface area contributed by atoms with Crippen LogP contribution in [0.3, 0.4) is 0 Å². The van der Waals surface area contributed by atoms with Crippen LogP contribution in [0.4, 0.5) is 5.95 Å². The highest BCUT2D eigenvalue weighted by Gasteiger charge is 2.52. The van der Waals surface area contributed by atoms with E-state index in [0.717, 1.165) is 62.8 Å². The molecule has 2 aromatic heterocycles. The molecular formula is C23H31N5O. The fraction of sp³-hybridized carbons (Fsp3) is 0.609. The molecule has 0 amide bonds. The van der Waals surface area contributed by atoms with Crippen LogP contribution in [0.25, 0.3) is 0 Å². The lowest BCUT2D eigenvalue weighted by atomic mass is 9.64. The molecular weight excluding hydrogens is 362 g/mol. The van der Waals surface area contributed by atoms with E-state index in [-0.39, 0.29) is 11.8 Å². The Morgan fingerprint density at radius 3 is 2.31 bits per heavy atom. The molecule has 6 heteroatoms. The minimum Gasteiger partial charge on any atom is -0.383 e. The van der Waals surface area contributed by atoms with Gasteiger partial charge in [-0.1, -0.05) is 12.5 Å². The van der Waals surface area contributed by atoms with E-state index in [1.165, 1.54) is 25.7 Å². The van der Waals surface area contributed by atoms with Crippen molar-refractivity contribution in [2.75, 3.05) is 31.1 Å². The Labute approximate surface area is 173 Å². The minimum absolute atomic E-state index is 0.235. The summed E-state index contributed by atoms with van der Waals surface area (Å²) in [4.78, 5) is 18.6. The van der Waals surface area contributed by atoms with Crippen LogP contribution in [0.15, 0.2) is 36.8 Å². The fourth-order valence-electron chi connectivity index (χ4n) is 5.63. The molecule has 6 nitrogen and oxygen atoms in total. The van der Waals surface area contributed by atoms with Gasteiger partial charge in [0.2, 0.25) is 5.95 Å². The van der Waals surface area contributed by atoms with Gasteiger partial charge in [0.15, 0.2) is 0 Å². The molecule has 154 valence electrons. The van der Waals surface area contributed by atoms with Crippen molar-refractivity contribution in [1.82, 2.24) is 19.9 Å². The number of likely N-dealkylation sites (tertiary alicyclic amines) is 1. The summed E-state index contributed by atoms with van der Waals surface area (Å²) in [5, 5.41) is 11.7. The predicted molar refractivity (Wildman–Crippen MR) is 112 cm³/mol. The van der Waals surface area contributed by atoms with Crippen molar-refractivity contribution in [1.29, 1.82) is 0 Å². The zero-order valence-electron chi connectivity index (χ0n) is 17.1. The van der Waals surface area contributed by atoms with Gasteiger partial charge in [-0.2, -0.15) is 0 Å². The number of hydrogen-bond donors (Lipinski definition) is 1. The highest BCUT2D eigenvalue weighted by molar-refractivity contribution is 5.30. The van der Waals surface area contributed by atoms with Gasteiger partial charge in [0, 0.05) is 68.7 Å². The molecule has 1 N–H and O–H groups in total. The molecule has 0 unspecified atom stereocenters. The molecule has 0 spiro atoms. The number of aromatic nitrogens is 3. The minimum atomic E-state index is -0.787. The largest absolute Gasteiger partial charge is 0.383 e. The van der Waals surface area contributed by atoms with E-state index >= 15 is 0 Å². The van der Waals surface area contributed by atoms with Gasteiger partial charge >= 0.3 is 0 Å². The highest BCUT2D eigenvalue weighted by atomic mass is 16.3. The van der Waals surface area contributed by atoms with Gasteiger partial charge in [0.05, 0.1) is 5.69 Å². The third-order valence-corrected chi connectivity index (χ3v) is 7.12. The molecule has 1 aliphatic carbocycles. The second kappa shape index (κ2) is 8.00. The Hall–Kier alpha value is -2.05. The number of rotatable bonds is 4. The zero-order chi connectivity index (χ0) is 19.7. The van der Waals surface area contributed by atoms with E-state index in [1.54, 1.807) is 6.20 Å². The molecule has 3 fully saturated rings. The Kier molecular flexibility index (Phi) is 5.22. The van der Waals surface area contributed by atoms with Gasteiger partial charge in [0.1, 0.15) is 5.60 Å². The second-order valence-corrected chi connectivity index (χ2v) is 9.00.